The summed E-state index contributed by atoms with van der Waals surface area (Å²) in [5.41, 5.74) is 0.721. The zero-order valence-corrected chi connectivity index (χ0v) is 12.8. The maximum Gasteiger partial charge on any atom is 0.249 e. The van der Waals surface area contributed by atoms with E-state index in [4.69, 9.17) is 21.1 Å². The number of aromatic nitrogens is 2. The van der Waals surface area contributed by atoms with Crippen LogP contribution in [0.15, 0.2) is 36.4 Å². The van der Waals surface area contributed by atoms with Gasteiger partial charge in [-0.2, -0.15) is 0 Å². The van der Waals surface area contributed by atoms with Crippen LogP contribution in [0.2, 0.25) is 5.15 Å². The second-order valence-corrected chi connectivity index (χ2v) is 4.56. The lowest BCUT2D eigenvalue weighted by atomic mass is 10.1. The molecule has 0 saturated heterocycles. The summed E-state index contributed by atoms with van der Waals surface area (Å²) in [7, 11) is 3.13. The number of hydrogen-bond acceptors (Lipinski definition) is 5. The Kier molecular flexibility index (Phi) is 5.32. The number of carbonyl (C=O) groups excluding carboxylic acids is 1. The van der Waals surface area contributed by atoms with Crippen molar-refractivity contribution in [2.24, 2.45) is 0 Å². The third kappa shape index (κ3) is 4.20. The molecular formula is C15H14ClN3O3. The van der Waals surface area contributed by atoms with Crippen LogP contribution in [-0.2, 0) is 4.79 Å². The van der Waals surface area contributed by atoms with Crippen molar-refractivity contribution in [2.45, 2.75) is 0 Å². The quantitative estimate of drug-likeness (QED) is 0.858. The molecule has 0 bridgehead atoms. The Balaban J connectivity index is 2.10. The largest absolute Gasteiger partial charge is 0.497 e. The second-order valence-electron chi connectivity index (χ2n) is 4.17. The zero-order chi connectivity index (χ0) is 15.9. The summed E-state index contributed by atoms with van der Waals surface area (Å²) in [6.45, 7) is 0. The predicted octanol–water partition coefficient (Wildman–Crippen LogP) is 2.80. The fraction of sp³-hybridized carbons (Fsp3) is 0.133. The number of halogens is 1. The lowest BCUT2D eigenvalue weighted by Crippen LogP contribution is -2.09. The number of anilines is 1. The summed E-state index contributed by atoms with van der Waals surface area (Å²) in [6.07, 6.45) is 2.99. The van der Waals surface area contributed by atoms with Crippen LogP contribution >= 0.6 is 11.6 Å². The Hall–Kier alpha value is -2.60. The van der Waals surface area contributed by atoms with Gasteiger partial charge in [-0.1, -0.05) is 11.6 Å². The Morgan fingerprint density at radius 1 is 1.18 bits per heavy atom. The normalized spacial score (nSPS) is 10.5. The number of rotatable bonds is 5. The van der Waals surface area contributed by atoms with E-state index >= 15 is 0 Å². The van der Waals surface area contributed by atoms with E-state index in [0.29, 0.717) is 17.3 Å². The van der Waals surface area contributed by atoms with E-state index in [1.807, 2.05) is 0 Å². The van der Waals surface area contributed by atoms with Crippen LogP contribution in [0, 0.1) is 0 Å². The molecule has 0 unspecified atom stereocenters. The molecule has 0 saturated carbocycles. The van der Waals surface area contributed by atoms with Crippen LogP contribution in [0.5, 0.6) is 11.5 Å². The molecule has 1 N–H and O–H groups in total. The van der Waals surface area contributed by atoms with E-state index in [9.17, 15) is 4.79 Å². The minimum Gasteiger partial charge on any atom is -0.497 e. The van der Waals surface area contributed by atoms with Crippen molar-refractivity contribution in [1.29, 1.82) is 0 Å². The van der Waals surface area contributed by atoms with Crippen molar-refractivity contribution in [2.75, 3.05) is 19.5 Å². The van der Waals surface area contributed by atoms with E-state index in [1.165, 1.54) is 6.08 Å². The van der Waals surface area contributed by atoms with E-state index in [1.54, 1.807) is 50.6 Å². The molecule has 0 aliphatic carbocycles. The molecule has 22 heavy (non-hydrogen) atoms. The molecule has 0 aliphatic heterocycles. The highest BCUT2D eigenvalue weighted by atomic mass is 35.5. The number of carbonyl (C=O) groups is 1. The lowest BCUT2D eigenvalue weighted by molar-refractivity contribution is -0.111. The van der Waals surface area contributed by atoms with Crippen molar-refractivity contribution in [1.82, 2.24) is 10.2 Å². The van der Waals surface area contributed by atoms with Gasteiger partial charge in [0.05, 0.1) is 14.2 Å². The van der Waals surface area contributed by atoms with Gasteiger partial charge in [0.25, 0.3) is 0 Å². The molecule has 1 amide bonds. The first kappa shape index (κ1) is 15.8. The summed E-state index contributed by atoms with van der Waals surface area (Å²) >= 11 is 5.63. The molecule has 7 heteroatoms. The first-order chi connectivity index (χ1) is 10.6. The van der Waals surface area contributed by atoms with Crippen molar-refractivity contribution < 1.29 is 14.3 Å². The fourth-order valence-corrected chi connectivity index (χ4v) is 1.79. The van der Waals surface area contributed by atoms with Gasteiger partial charge >= 0.3 is 0 Å². The first-order valence-corrected chi connectivity index (χ1v) is 6.70. The molecule has 0 spiro atoms. The zero-order valence-electron chi connectivity index (χ0n) is 12.0. The van der Waals surface area contributed by atoms with Crippen LogP contribution in [0.3, 0.4) is 0 Å². The molecule has 1 aromatic heterocycles. The second kappa shape index (κ2) is 7.42. The van der Waals surface area contributed by atoms with Crippen molar-refractivity contribution >= 4 is 29.4 Å². The van der Waals surface area contributed by atoms with Crippen LogP contribution in [0.1, 0.15) is 5.56 Å². The average molecular weight is 320 g/mol. The first-order valence-electron chi connectivity index (χ1n) is 6.32. The topological polar surface area (TPSA) is 73.3 Å². The highest BCUT2D eigenvalue weighted by Crippen LogP contribution is 2.25. The molecule has 0 radical (unpaired) electrons. The molecule has 2 rings (SSSR count). The van der Waals surface area contributed by atoms with Crippen LogP contribution < -0.4 is 14.8 Å². The number of hydrogen-bond donors (Lipinski definition) is 1. The Bertz CT molecular complexity index is 687. The van der Waals surface area contributed by atoms with Crippen LogP contribution in [0.25, 0.3) is 6.08 Å². The molecule has 114 valence electrons. The predicted molar refractivity (Wildman–Crippen MR) is 84.3 cm³/mol. The maximum absolute atomic E-state index is 11.9. The highest BCUT2D eigenvalue weighted by molar-refractivity contribution is 6.29. The van der Waals surface area contributed by atoms with Crippen LogP contribution in [-0.4, -0.2) is 30.3 Å². The number of nitrogens with one attached hydrogen (secondary N) is 1. The minimum absolute atomic E-state index is 0.259. The number of ether oxygens (including phenoxy) is 2. The smallest absolute Gasteiger partial charge is 0.249 e. The molecule has 0 atom stereocenters. The van der Waals surface area contributed by atoms with E-state index in [0.717, 1.165) is 5.56 Å². The number of benzene rings is 1. The van der Waals surface area contributed by atoms with Gasteiger partial charge < -0.3 is 14.8 Å². The fourth-order valence-electron chi connectivity index (χ4n) is 1.69. The molecule has 6 nitrogen and oxygen atoms in total. The van der Waals surface area contributed by atoms with E-state index < -0.39 is 0 Å². The standard InChI is InChI=1S/C15H14ClN3O3/c1-21-11-4-5-12(22-2)10(9-11)3-8-15(20)17-14-7-6-13(16)18-19-14/h3-9H,1-2H3,(H,17,19,20)/b8-3+. The van der Waals surface area contributed by atoms with Gasteiger partial charge in [0, 0.05) is 11.6 Å². The Labute approximate surface area is 132 Å². The van der Waals surface area contributed by atoms with Gasteiger partial charge in [0.2, 0.25) is 5.91 Å². The van der Waals surface area contributed by atoms with Gasteiger partial charge in [-0.25, -0.2) is 0 Å². The van der Waals surface area contributed by atoms with Gasteiger partial charge in [-0.05, 0) is 36.4 Å². The average Bonchev–Trinajstić information content (AvgIpc) is 2.54. The molecular weight excluding hydrogens is 306 g/mol. The third-order valence-electron chi connectivity index (χ3n) is 2.73. The number of amides is 1. The number of nitrogens with zero attached hydrogens (tertiary/aromatic N) is 2. The molecule has 1 aromatic carbocycles. The summed E-state index contributed by atoms with van der Waals surface area (Å²) in [5.74, 6) is 1.28. The van der Waals surface area contributed by atoms with Gasteiger partial charge in [0.1, 0.15) is 11.5 Å². The van der Waals surface area contributed by atoms with Crippen molar-refractivity contribution in [3.05, 3.63) is 47.1 Å². The van der Waals surface area contributed by atoms with Crippen LogP contribution in [0.4, 0.5) is 5.82 Å². The van der Waals surface area contributed by atoms with E-state index in [-0.39, 0.29) is 11.1 Å². The van der Waals surface area contributed by atoms with Crippen molar-refractivity contribution in [3.8, 4) is 11.5 Å². The van der Waals surface area contributed by atoms with Gasteiger partial charge in [0.15, 0.2) is 11.0 Å². The summed E-state index contributed by atoms with van der Waals surface area (Å²) in [4.78, 5) is 11.9. The van der Waals surface area contributed by atoms with Gasteiger partial charge in [-0.3, -0.25) is 4.79 Å². The molecule has 0 aliphatic rings. The highest BCUT2D eigenvalue weighted by Gasteiger charge is 2.04. The maximum atomic E-state index is 11.9. The molecule has 0 fully saturated rings. The summed E-state index contributed by atoms with van der Waals surface area (Å²) < 4.78 is 10.4. The van der Waals surface area contributed by atoms with E-state index in [2.05, 4.69) is 15.5 Å². The summed E-state index contributed by atoms with van der Waals surface area (Å²) in [5, 5.41) is 10.2. The Morgan fingerprint density at radius 2 is 2.00 bits per heavy atom. The van der Waals surface area contributed by atoms with Crippen molar-refractivity contribution in [3.63, 3.8) is 0 Å². The minimum atomic E-state index is -0.346. The third-order valence-corrected chi connectivity index (χ3v) is 2.94. The lowest BCUT2D eigenvalue weighted by Gasteiger charge is -2.07. The number of methoxy groups -OCH3 is 2. The molecule has 1 heterocycles. The SMILES string of the molecule is COc1ccc(OC)c(/C=C/C(=O)Nc2ccc(Cl)nn2)c1. The monoisotopic (exact) mass is 319 g/mol. The molecule has 2 aromatic rings. The summed E-state index contributed by atoms with van der Waals surface area (Å²) in [6, 6.07) is 8.41. The van der Waals surface area contributed by atoms with Gasteiger partial charge in [-0.15, -0.1) is 10.2 Å². The Morgan fingerprint density at radius 3 is 2.64 bits per heavy atom.